The van der Waals surface area contributed by atoms with Gasteiger partial charge in [-0.1, -0.05) is 66.8 Å². The van der Waals surface area contributed by atoms with Crippen LogP contribution >= 0.6 is 23.5 Å². The molecule has 2 N–H and O–H groups in total. The molecule has 30 heavy (non-hydrogen) atoms. The molecule has 0 spiro atoms. The molecule has 0 bridgehead atoms. The molecule has 1 heterocycles. The van der Waals surface area contributed by atoms with Gasteiger partial charge in [-0.05, 0) is 66.6 Å². The highest BCUT2D eigenvalue weighted by molar-refractivity contribution is 8.05. The minimum absolute atomic E-state index is 0.995. The molecule has 4 aromatic carbocycles. The minimum Gasteiger partial charge on any atom is -0.355 e. The number of hydrogen-bond acceptors (Lipinski definition) is 4. The summed E-state index contributed by atoms with van der Waals surface area (Å²) in [5, 5.41) is 7.11. The summed E-state index contributed by atoms with van der Waals surface area (Å²) in [6.07, 6.45) is 0.995. The molecular formula is C26H22N2S2. The van der Waals surface area contributed by atoms with Gasteiger partial charge in [0.2, 0.25) is 0 Å². The van der Waals surface area contributed by atoms with Gasteiger partial charge in [-0.3, -0.25) is 0 Å². The van der Waals surface area contributed by atoms with E-state index in [4.69, 9.17) is 0 Å². The lowest BCUT2D eigenvalue weighted by Gasteiger charge is -2.24. The Hall–Kier alpha value is -2.82. The fourth-order valence-electron chi connectivity index (χ4n) is 3.61. The monoisotopic (exact) mass is 426 g/mol. The van der Waals surface area contributed by atoms with E-state index in [9.17, 15) is 0 Å². The van der Waals surface area contributed by atoms with Gasteiger partial charge < -0.3 is 10.6 Å². The van der Waals surface area contributed by atoms with Crippen molar-refractivity contribution >= 4 is 46.3 Å². The summed E-state index contributed by atoms with van der Waals surface area (Å²) in [5.41, 5.74) is 5.93. The maximum atomic E-state index is 3.60. The number of hydrogen-bond donors (Lipinski definition) is 2. The van der Waals surface area contributed by atoms with Crippen LogP contribution in [0.5, 0.6) is 0 Å². The van der Waals surface area contributed by atoms with Crippen LogP contribution in [-0.2, 0) is 6.42 Å². The van der Waals surface area contributed by atoms with Crippen LogP contribution in [0.4, 0.5) is 22.7 Å². The largest absolute Gasteiger partial charge is 0.355 e. The van der Waals surface area contributed by atoms with Crippen LogP contribution in [0.1, 0.15) is 12.5 Å². The summed E-state index contributed by atoms with van der Waals surface area (Å²) in [4.78, 5) is 5.33. The van der Waals surface area contributed by atoms with Crippen molar-refractivity contribution < 1.29 is 0 Å². The van der Waals surface area contributed by atoms with Crippen LogP contribution in [0.15, 0.2) is 111 Å². The Labute approximate surface area is 186 Å². The number of anilines is 4. The van der Waals surface area contributed by atoms with Crippen molar-refractivity contribution in [2.24, 2.45) is 0 Å². The molecule has 2 nitrogen and oxygen atoms in total. The van der Waals surface area contributed by atoms with Crippen molar-refractivity contribution in [2.75, 3.05) is 10.6 Å². The van der Waals surface area contributed by atoms with Gasteiger partial charge in [0.1, 0.15) is 0 Å². The highest BCUT2D eigenvalue weighted by Crippen LogP contribution is 2.52. The number of para-hydroxylation sites is 2. The first-order chi connectivity index (χ1) is 14.8. The summed E-state index contributed by atoms with van der Waals surface area (Å²) in [6, 6.07) is 31.8. The quantitative estimate of drug-likeness (QED) is 0.295. The van der Waals surface area contributed by atoms with Crippen molar-refractivity contribution in [3.05, 3.63) is 96.6 Å². The average Bonchev–Trinajstić information content (AvgIpc) is 2.79. The van der Waals surface area contributed by atoms with Gasteiger partial charge in [-0.15, -0.1) is 0 Å². The number of rotatable bonds is 5. The van der Waals surface area contributed by atoms with Crippen molar-refractivity contribution in [1.82, 2.24) is 0 Å². The van der Waals surface area contributed by atoms with Gasteiger partial charge in [-0.25, -0.2) is 0 Å². The zero-order valence-corrected chi connectivity index (χ0v) is 18.3. The van der Waals surface area contributed by atoms with Crippen LogP contribution in [0, 0.1) is 0 Å². The van der Waals surface area contributed by atoms with E-state index < -0.39 is 0 Å². The number of fused-ring (bicyclic) bond motifs is 2. The first-order valence-electron chi connectivity index (χ1n) is 10.1. The summed E-state index contributed by atoms with van der Waals surface area (Å²) >= 11 is 3.75. The highest BCUT2D eigenvalue weighted by Gasteiger charge is 2.21. The second-order valence-electron chi connectivity index (χ2n) is 7.12. The number of benzene rings is 4. The lowest BCUT2D eigenvalue weighted by atomic mass is 10.1. The molecule has 4 heteroatoms. The molecule has 1 aliphatic rings. The molecule has 0 radical (unpaired) electrons. The van der Waals surface area contributed by atoms with Gasteiger partial charge in [0.05, 0.1) is 0 Å². The fourth-order valence-corrected chi connectivity index (χ4v) is 6.12. The van der Waals surface area contributed by atoms with E-state index in [1.54, 1.807) is 0 Å². The molecule has 0 atom stereocenters. The van der Waals surface area contributed by atoms with Crippen molar-refractivity contribution in [2.45, 2.75) is 32.9 Å². The Bertz CT molecular complexity index is 1170. The lowest BCUT2D eigenvalue weighted by Crippen LogP contribution is -2.01. The van der Waals surface area contributed by atoms with Crippen LogP contribution in [-0.4, -0.2) is 0 Å². The predicted octanol–water partition coefficient (Wildman–Crippen LogP) is 8.35. The zero-order chi connectivity index (χ0) is 20.3. The summed E-state index contributed by atoms with van der Waals surface area (Å²) < 4.78 is 0. The van der Waals surface area contributed by atoms with E-state index in [0.29, 0.717) is 0 Å². The zero-order valence-electron chi connectivity index (χ0n) is 16.7. The van der Waals surface area contributed by atoms with Crippen molar-refractivity contribution in [1.29, 1.82) is 0 Å². The fraction of sp³-hybridized carbons (Fsp3) is 0.0769. The standard InChI is InChI=1S/C26H22N2S2/c1-2-21-22(28-19-11-7-4-8-12-19)14-16-24-26(21)30-23-15-13-20(17-25(23)29-24)27-18-9-5-3-6-10-18/h3-17,27-28H,2H2,1H3. The lowest BCUT2D eigenvalue weighted by molar-refractivity contribution is 1.03. The summed E-state index contributed by atoms with van der Waals surface area (Å²) in [6.45, 7) is 2.24. The molecule has 0 aliphatic carbocycles. The Balaban J connectivity index is 1.43. The Morgan fingerprint density at radius 1 is 0.600 bits per heavy atom. The normalized spacial score (nSPS) is 12.0. The van der Waals surface area contributed by atoms with Crippen LogP contribution in [0.3, 0.4) is 0 Å². The molecule has 0 saturated heterocycles. The maximum absolute atomic E-state index is 3.60. The maximum Gasteiger partial charge on any atom is 0.0428 e. The molecule has 0 unspecified atom stereocenters. The molecule has 148 valence electrons. The first kappa shape index (κ1) is 19.2. The molecular weight excluding hydrogens is 404 g/mol. The third kappa shape index (κ3) is 3.93. The van der Waals surface area contributed by atoms with E-state index in [1.165, 1.54) is 30.8 Å². The van der Waals surface area contributed by atoms with Gasteiger partial charge in [0.25, 0.3) is 0 Å². The van der Waals surface area contributed by atoms with Gasteiger partial charge >= 0.3 is 0 Å². The topological polar surface area (TPSA) is 24.1 Å². The van der Waals surface area contributed by atoms with Crippen LogP contribution in [0.25, 0.3) is 0 Å². The molecule has 0 amide bonds. The average molecular weight is 427 g/mol. The number of nitrogens with one attached hydrogen (secondary N) is 2. The molecule has 4 aromatic rings. The molecule has 5 rings (SSSR count). The van der Waals surface area contributed by atoms with Crippen molar-refractivity contribution in [3.8, 4) is 0 Å². The van der Waals surface area contributed by atoms with E-state index >= 15 is 0 Å². The van der Waals surface area contributed by atoms with E-state index in [0.717, 1.165) is 23.5 Å². The van der Waals surface area contributed by atoms with Crippen LogP contribution < -0.4 is 10.6 Å². The molecule has 0 saturated carbocycles. The summed E-state index contributed by atoms with van der Waals surface area (Å²) in [5.74, 6) is 0. The van der Waals surface area contributed by atoms with Crippen LogP contribution in [0.2, 0.25) is 0 Å². The molecule has 0 fully saturated rings. The first-order valence-corrected chi connectivity index (χ1v) is 11.7. The third-order valence-electron chi connectivity index (χ3n) is 5.07. The van der Waals surface area contributed by atoms with E-state index in [2.05, 4.69) is 96.4 Å². The second-order valence-corrected chi connectivity index (χ2v) is 9.26. The van der Waals surface area contributed by atoms with E-state index in [1.807, 2.05) is 35.7 Å². The van der Waals surface area contributed by atoms with Crippen molar-refractivity contribution in [3.63, 3.8) is 0 Å². The SMILES string of the molecule is CCc1c(Nc2ccccc2)ccc2c1Sc1ccc(Nc3ccccc3)cc1S2. The van der Waals surface area contributed by atoms with Gasteiger partial charge in [-0.2, -0.15) is 0 Å². The Morgan fingerprint density at radius 3 is 1.97 bits per heavy atom. The van der Waals surface area contributed by atoms with E-state index in [-0.39, 0.29) is 0 Å². The molecule has 1 aliphatic heterocycles. The van der Waals surface area contributed by atoms with Gasteiger partial charge in [0.15, 0.2) is 0 Å². The Morgan fingerprint density at radius 2 is 1.27 bits per heavy atom. The second kappa shape index (κ2) is 8.50. The Kier molecular flexibility index (Phi) is 5.43. The predicted molar refractivity (Wildman–Crippen MR) is 130 cm³/mol. The minimum atomic E-state index is 0.995. The van der Waals surface area contributed by atoms with Gasteiger partial charge in [0, 0.05) is 42.3 Å². The highest BCUT2D eigenvalue weighted by atomic mass is 32.2. The summed E-state index contributed by atoms with van der Waals surface area (Å²) in [7, 11) is 0. The third-order valence-corrected chi connectivity index (χ3v) is 7.69. The molecule has 0 aromatic heterocycles. The smallest absolute Gasteiger partial charge is 0.0428 e.